The number of nitrogens with one attached hydrogen (secondary N) is 1. The maximum absolute atomic E-state index is 12.8. The number of hydrogen-bond donors (Lipinski definition) is 1. The average molecular weight is 455 g/mol. The van der Waals surface area contributed by atoms with Crippen LogP contribution in [-0.2, 0) is 24.1 Å². The number of amides is 2. The predicted octanol–water partition coefficient (Wildman–Crippen LogP) is 2.76. The number of hydrogen-bond acceptors (Lipinski definition) is 6. The van der Waals surface area contributed by atoms with Crippen molar-refractivity contribution in [3.8, 4) is 0 Å². The topological polar surface area (TPSA) is 99.5 Å². The first-order chi connectivity index (χ1) is 15.6. The summed E-state index contributed by atoms with van der Waals surface area (Å²) in [6.45, 7) is 1.94. The van der Waals surface area contributed by atoms with Gasteiger partial charge in [0.05, 0.1) is 11.6 Å². The van der Waals surface area contributed by atoms with Crippen LogP contribution in [0, 0.1) is 0 Å². The molecule has 9 heteroatoms. The second-order valence-corrected chi connectivity index (χ2v) is 9.49. The van der Waals surface area contributed by atoms with Crippen molar-refractivity contribution < 1.29 is 14.0 Å². The van der Waals surface area contributed by atoms with Gasteiger partial charge in [-0.15, -0.1) is 11.3 Å². The predicted molar refractivity (Wildman–Crippen MR) is 121 cm³/mol. The van der Waals surface area contributed by atoms with Gasteiger partial charge in [-0.05, 0) is 43.4 Å². The fourth-order valence-electron chi connectivity index (χ4n) is 4.60. The Balaban J connectivity index is 1.20. The number of fused-ring (bicyclic) bond motifs is 3. The number of aryl methyl sites for hydroxylation is 3. The van der Waals surface area contributed by atoms with Gasteiger partial charge in [0.25, 0.3) is 11.5 Å². The highest BCUT2D eigenvalue weighted by atomic mass is 32.1. The minimum Gasteiger partial charge on any atom is -0.459 e. The lowest BCUT2D eigenvalue weighted by Gasteiger charge is -2.34. The Morgan fingerprint density at radius 1 is 1.09 bits per heavy atom. The fraction of sp³-hybridized carbons (Fsp3) is 0.478. The largest absolute Gasteiger partial charge is 0.459 e. The quantitative estimate of drug-likeness (QED) is 0.611. The molecule has 2 aliphatic rings. The third-order valence-corrected chi connectivity index (χ3v) is 7.54. The van der Waals surface area contributed by atoms with E-state index in [0.717, 1.165) is 29.5 Å². The van der Waals surface area contributed by atoms with Gasteiger partial charge in [0.1, 0.15) is 10.7 Å². The number of rotatable bonds is 4. The lowest BCUT2D eigenvalue weighted by Crippen LogP contribution is -2.50. The molecule has 168 valence electrons. The van der Waals surface area contributed by atoms with Gasteiger partial charge in [-0.2, -0.15) is 0 Å². The van der Waals surface area contributed by atoms with Gasteiger partial charge in [-0.1, -0.05) is 6.42 Å². The molecule has 32 heavy (non-hydrogen) atoms. The number of furan rings is 1. The summed E-state index contributed by atoms with van der Waals surface area (Å²) in [4.78, 5) is 51.0. The van der Waals surface area contributed by atoms with Crippen molar-refractivity contribution in [1.29, 1.82) is 0 Å². The van der Waals surface area contributed by atoms with Crippen LogP contribution in [0.5, 0.6) is 0 Å². The Hall–Kier alpha value is -2.94. The van der Waals surface area contributed by atoms with E-state index in [4.69, 9.17) is 4.42 Å². The number of carbonyl (C=O) groups is 2. The first-order valence-corrected chi connectivity index (χ1v) is 12.1. The summed E-state index contributed by atoms with van der Waals surface area (Å²) < 4.78 is 5.18. The molecule has 0 atom stereocenters. The van der Waals surface area contributed by atoms with E-state index in [9.17, 15) is 14.4 Å². The number of nitrogens with zero attached hydrogens (tertiary/aromatic N) is 3. The van der Waals surface area contributed by atoms with Crippen LogP contribution in [0.25, 0.3) is 10.2 Å². The molecule has 3 aromatic rings. The molecule has 0 bridgehead atoms. The van der Waals surface area contributed by atoms with E-state index in [-0.39, 0.29) is 23.8 Å². The lowest BCUT2D eigenvalue weighted by atomic mass is 10.1. The summed E-state index contributed by atoms with van der Waals surface area (Å²) in [6, 6.07) is 3.34. The van der Waals surface area contributed by atoms with Gasteiger partial charge in [-0.3, -0.25) is 14.4 Å². The summed E-state index contributed by atoms with van der Waals surface area (Å²) in [7, 11) is 0. The number of thiophene rings is 1. The van der Waals surface area contributed by atoms with Crippen molar-refractivity contribution in [1.82, 2.24) is 19.8 Å². The monoisotopic (exact) mass is 454 g/mol. The number of carbonyl (C=O) groups excluding carboxylic acids is 2. The maximum atomic E-state index is 12.8. The molecule has 1 N–H and O–H groups in total. The molecule has 5 rings (SSSR count). The van der Waals surface area contributed by atoms with Crippen molar-refractivity contribution in [3.05, 3.63) is 50.8 Å². The van der Waals surface area contributed by atoms with Crippen LogP contribution in [0.15, 0.2) is 27.6 Å². The summed E-state index contributed by atoms with van der Waals surface area (Å²) in [5.74, 6) is 0.756. The third-order valence-electron chi connectivity index (χ3n) is 6.35. The molecule has 3 aromatic heterocycles. The van der Waals surface area contributed by atoms with Crippen molar-refractivity contribution in [3.63, 3.8) is 0 Å². The summed E-state index contributed by atoms with van der Waals surface area (Å²) in [5, 5.41) is 0.749. The maximum Gasteiger partial charge on any atom is 0.289 e. The first kappa shape index (κ1) is 20.9. The molecule has 1 saturated heterocycles. The zero-order valence-corrected chi connectivity index (χ0v) is 18.7. The van der Waals surface area contributed by atoms with Gasteiger partial charge in [0.2, 0.25) is 5.91 Å². The van der Waals surface area contributed by atoms with Crippen molar-refractivity contribution in [2.24, 2.45) is 0 Å². The zero-order chi connectivity index (χ0) is 22.1. The van der Waals surface area contributed by atoms with Crippen LogP contribution >= 0.6 is 11.3 Å². The van der Waals surface area contributed by atoms with Gasteiger partial charge < -0.3 is 19.2 Å². The number of H-pyrrole nitrogens is 1. The van der Waals surface area contributed by atoms with E-state index < -0.39 is 0 Å². The van der Waals surface area contributed by atoms with Crippen LogP contribution < -0.4 is 5.56 Å². The Morgan fingerprint density at radius 3 is 2.66 bits per heavy atom. The normalized spacial score (nSPS) is 16.8. The molecule has 2 amide bonds. The van der Waals surface area contributed by atoms with E-state index in [1.807, 2.05) is 0 Å². The molecule has 8 nitrogen and oxygen atoms in total. The molecule has 1 aliphatic heterocycles. The molecule has 0 unspecified atom stereocenters. The van der Waals surface area contributed by atoms with Gasteiger partial charge in [-0.25, -0.2) is 4.98 Å². The minimum atomic E-state index is -0.147. The van der Waals surface area contributed by atoms with E-state index >= 15 is 0 Å². The molecular weight excluding hydrogens is 428 g/mol. The lowest BCUT2D eigenvalue weighted by molar-refractivity contribution is -0.132. The van der Waals surface area contributed by atoms with E-state index in [1.165, 1.54) is 29.5 Å². The molecule has 0 saturated carbocycles. The van der Waals surface area contributed by atoms with Crippen LogP contribution in [0.3, 0.4) is 0 Å². The van der Waals surface area contributed by atoms with Crippen LogP contribution in [0.2, 0.25) is 0 Å². The fourth-order valence-corrected chi connectivity index (χ4v) is 5.88. The molecule has 4 heterocycles. The number of aromatic nitrogens is 2. The molecule has 1 fully saturated rings. The van der Waals surface area contributed by atoms with Crippen molar-refractivity contribution in [2.75, 3.05) is 26.2 Å². The van der Waals surface area contributed by atoms with Crippen LogP contribution in [0.1, 0.15) is 52.5 Å². The summed E-state index contributed by atoms with van der Waals surface area (Å²) >= 11 is 1.63. The Kier molecular flexibility index (Phi) is 5.82. The van der Waals surface area contributed by atoms with E-state index in [0.29, 0.717) is 44.2 Å². The standard InChI is InChI=1S/C23H26N4O4S/c28-19(26-10-12-27(13-11-26)23(30)16-6-4-14-31-16)9-8-18-24-21(29)20-15-5-2-1-3-7-17(15)32-22(20)25-18/h4,6,14H,1-3,5,7-13H2,(H,24,25,29). The van der Waals surface area contributed by atoms with Crippen LogP contribution in [0.4, 0.5) is 0 Å². The Morgan fingerprint density at radius 2 is 1.88 bits per heavy atom. The van der Waals surface area contributed by atoms with Gasteiger partial charge in [0, 0.05) is 43.9 Å². The highest BCUT2D eigenvalue weighted by Gasteiger charge is 2.26. The minimum absolute atomic E-state index is 0.0137. The van der Waals surface area contributed by atoms with Crippen molar-refractivity contribution >= 4 is 33.4 Å². The van der Waals surface area contributed by atoms with E-state index in [1.54, 1.807) is 33.3 Å². The zero-order valence-electron chi connectivity index (χ0n) is 17.9. The third kappa shape index (κ3) is 4.09. The first-order valence-electron chi connectivity index (χ1n) is 11.2. The van der Waals surface area contributed by atoms with Gasteiger partial charge >= 0.3 is 0 Å². The summed E-state index contributed by atoms with van der Waals surface area (Å²) in [5.41, 5.74) is 1.10. The number of piperazine rings is 1. The highest BCUT2D eigenvalue weighted by Crippen LogP contribution is 2.32. The Labute approximate surface area is 189 Å². The number of aromatic amines is 1. The molecule has 1 aliphatic carbocycles. The van der Waals surface area contributed by atoms with Crippen molar-refractivity contribution in [2.45, 2.75) is 44.9 Å². The van der Waals surface area contributed by atoms with Gasteiger partial charge in [0.15, 0.2) is 5.76 Å². The second kappa shape index (κ2) is 8.90. The Bertz CT molecular complexity index is 1190. The van der Waals surface area contributed by atoms with Crippen LogP contribution in [-0.4, -0.2) is 57.8 Å². The molecule has 0 radical (unpaired) electrons. The average Bonchev–Trinajstić information content (AvgIpc) is 3.40. The molecular formula is C23H26N4O4S. The smallest absolute Gasteiger partial charge is 0.289 e. The SMILES string of the molecule is O=C(CCc1nc2sc3c(c2c(=O)[nH]1)CCCCC3)N1CCN(C(=O)c2ccco2)CC1. The van der Waals surface area contributed by atoms with E-state index in [2.05, 4.69) is 9.97 Å². The molecule has 0 spiro atoms. The highest BCUT2D eigenvalue weighted by molar-refractivity contribution is 7.18. The second-order valence-electron chi connectivity index (χ2n) is 8.41. The summed E-state index contributed by atoms with van der Waals surface area (Å²) in [6.07, 6.45) is 7.64. The molecule has 0 aromatic carbocycles.